The van der Waals surface area contributed by atoms with E-state index >= 15 is 0 Å². The molecule has 5 heteroatoms. The van der Waals surface area contributed by atoms with Crippen molar-refractivity contribution in [2.45, 2.75) is 13.8 Å². The number of amidine groups is 1. The van der Waals surface area contributed by atoms with Gasteiger partial charge in [-0.05, 0) is 77.5 Å². The molecule has 1 aliphatic rings. The van der Waals surface area contributed by atoms with Crippen molar-refractivity contribution in [3.8, 4) is 0 Å². The molecule has 1 heterocycles. The average molecular weight is 434 g/mol. The number of nitrogens with zero attached hydrogens (tertiary/aromatic N) is 1. The second kappa shape index (κ2) is 6.88. The predicted molar refractivity (Wildman–Crippen MR) is 106 cm³/mol. The molecular weight excluding hydrogens is 419 g/mol. The molecule has 0 aromatic heterocycles. The van der Waals surface area contributed by atoms with E-state index < -0.39 is 0 Å². The van der Waals surface area contributed by atoms with Gasteiger partial charge in [0.1, 0.15) is 0 Å². The van der Waals surface area contributed by atoms with Gasteiger partial charge in [0.15, 0.2) is 5.17 Å². The molecule has 1 fully saturated rings. The van der Waals surface area contributed by atoms with Crippen molar-refractivity contribution in [3.63, 3.8) is 0 Å². The fourth-order valence-electron chi connectivity index (χ4n) is 2.25. The summed E-state index contributed by atoms with van der Waals surface area (Å²) < 4.78 is 1.12. The third-order valence-corrected chi connectivity index (χ3v) is 5.31. The Balaban J connectivity index is 1.88. The van der Waals surface area contributed by atoms with Crippen molar-refractivity contribution < 1.29 is 4.79 Å². The summed E-state index contributed by atoms with van der Waals surface area (Å²) in [5.41, 5.74) is 4.23. The number of carbonyl (C=O) groups excluding carboxylic acids is 1. The lowest BCUT2D eigenvalue weighted by Crippen LogP contribution is -2.19. The Morgan fingerprint density at radius 3 is 2.70 bits per heavy atom. The highest BCUT2D eigenvalue weighted by atomic mass is 127. The molecular formula is C18H15IN2OS. The number of halogens is 1. The van der Waals surface area contributed by atoms with Crippen LogP contribution < -0.4 is 5.32 Å². The molecule has 23 heavy (non-hydrogen) atoms. The zero-order valence-electron chi connectivity index (χ0n) is 12.8. The van der Waals surface area contributed by atoms with Crippen LogP contribution in [-0.2, 0) is 4.79 Å². The molecule has 0 atom stereocenters. The highest BCUT2D eigenvalue weighted by Gasteiger charge is 2.24. The summed E-state index contributed by atoms with van der Waals surface area (Å²) in [5.74, 6) is -0.0989. The Morgan fingerprint density at radius 1 is 1.17 bits per heavy atom. The number of aryl methyl sites for hydroxylation is 2. The van der Waals surface area contributed by atoms with Crippen LogP contribution in [0, 0.1) is 17.4 Å². The van der Waals surface area contributed by atoms with Gasteiger partial charge in [-0.2, -0.15) is 0 Å². The summed E-state index contributed by atoms with van der Waals surface area (Å²) in [6.45, 7) is 4.08. The first-order valence-electron chi connectivity index (χ1n) is 7.14. The fraction of sp³-hybridized carbons (Fsp3) is 0.111. The molecule has 0 spiro atoms. The molecule has 0 saturated carbocycles. The number of nitrogens with one attached hydrogen (secondary N) is 1. The molecule has 1 saturated heterocycles. The fourth-order valence-corrected chi connectivity index (χ4v) is 3.62. The van der Waals surface area contributed by atoms with Crippen LogP contribution in [0.25, 0.3) is 6.08 Å². The van der Waals surface area contributed by atoms with E-state index in [-0.39, 0.29) is 5.91 Å². The second-order valence-corrected chi connectivity index (χ2v) is 7.49. The van der Waals surface area contributed by atoms with Crippen molar-refractivity contribution in [2.75, 3.05) is 0 Å². The van der Waals surface area contributed by atoms with Crippen molar-refractivity contribution in [1.82, 2.24) is 5.32 Å². The van der Waals surface area contributed by atoms with Crippen molar-refractivity contribution in [1.29, 1.82) is 0 Å². The minimum absolute atomic E-state index is 0.0989. The molecule has 0 bridgehead atoms. The maximum absolute atomic E-state index is 12.1. The lowest BCUT2D eigenvalue weighted by atomic mass is 10.1. The van der Waals surface area contributed by atoms with Gasteiger partial charge in [-0.15, -0.1) is 0 Å². The van der Waals surface area contributed by atoms with Gasteiger partial charge < -0.3 is 5.32 Å². The molecule has 0 radical (unpaired) electrons. The van der Waals surface area contributed by atoms with Crippen molar-refractivity contribution >= 4 is 57.2 Å². The number of aliphatic imine (C=N–C) groups is 1. The zero-order chi connectivity index (χ0) is 16.4. The van der Waals surface area contributed by atoms with Gasteiger partial charge in [0.2, 0.25) is 0 Å². The monoisotopic (exact) mass is 434 g/mol. The van der Waals surface area contributed by atoms with Crippen LogP contribution in [0.5, 0.6) is 0 Å². The lowest BCUT2D eigenvalue weighted by Gasteiger charge is -2.02. The van der Waals surface area contributed by atoms with Gasteiger partial charge in [0.05, 0.1) is 10.6 Å². The number of hydrogen-bond acceptors (Lipinski definition) is 3. The summed E-state index contributed by atoms with van der Waals surface area (Å²) in [6.07, 6.45) is 1.91. The maximum atomic E-state index is 12.1. The summed E-state index contributed by atoms with van der Waals surface area (Å²) in [7, 11) is 0. The van der Waals surface area contributed by atoms with Crippen LogP contribution in [0.1, 0.15) is 16.7 Å². The Morgan fingerprint density at radius 2 is 1.96 bits per heavy atom. The van der Waals surface area contributed by atoms with Crippen LogP contribution in [0.3, 0.4) is 0 Å². The van der Waals surface area contributed by atoms with Gasteiger partial charge in [0, 0.05) is 3.57 Å². The Kier molecular flexibility index (Phi) is 4.87. The van der Waals surface area contributed by atoms with E-state index in [1.807, 2.05) is 49.4 Å². The third kappa shape index (κ3) is 3.84. The SMILES string of the molecule is Cc1ccc(N=C2NC(=O)/C(=C/c3ccccc3I)S2)c(C)c1. The third-order valence-electron chi connectivity index (χ3n) is 3.42. The lowest BCUT2D eigenvalue weighted by molar-refractivity contribution is -0.115. The molecule has 2 aromatic rings. The van der Waals surface area contributed by atoms with E-state index in [1.54, 1.807) is 0 Å². The Hall–Kier alpha value is -1.60. The first kappa shape index (κ1) is 16.3. The van der Waals surface area contributed by atoms with Gasteiger partial charge in [-0.25, -0.2) is 4.99 Å². The highest BCUT2D eigenvalue weighted by molar-refractivity contribution is 14.1. The molecule has 116 valence electrons. The number of amides is 1. The van der Waals surface area contributed by atoms with Gasteiger partial charge in [0.25, 0.3) is 5.91 Å². The highest BCUT2D eigenvalue weighted by Crippen LogP contribution is 2.30. The second-order valence-electron chi connectivity index (χ2n) is 5.29. The van der Waals surface area contributed by atoms with Crippen LogP contribution >= 0.6 is 34.4 Å². The van der Waals surface area contributed by atoms with E-state index in [1.165, 1.54) is 17.3 Å². The molecule has 1 aliphatic heterocycles. The number of benzene rings is 2. The normalized spacial score (nSPS) is 17.8. The number of thioether (sulfide) groups is 1. The van der Waals surface area contributed by atoms with Crippen molar-refractivity contribution in [3.05, 3.63) is 67.6 Å². The number of hydrogen-bond donors (Lipinski definition) is 1. The molecule has 1 amide bonds. The molecule has 0 unspecified atom stereocenters. The summed E-state index contributed by atoms with van der Waals surface area (Å²) >= 11 is 3.65. The van der Waals surface area contributed by atoms with E-state index in [4.69, 9.17) is 0 Å². The Labute approximate surface area is 153 Å². The molecule has 1 N–H and O–H groups in total. The average Bonchev–Trinajstić information content (AvgIpc) is 2.84. The summed E-state index contributed by atoms with van der Waals surface area (Å²) in [4.78, 5) is 17.4. The predicted octanol–water partition coefficient (Wildman–Crippen LogP) is 4.80. The van der Waals surface area contributed by atoms with E-state index in [9.17, 15) is 4.79 Å². The van der Waals surface area contributed by atoms with Crippen molar-refractivity contribution in [2.24, 2.45) is 4.99 Å². The summed E-state index contributed by atoms with van der Waals surface area (Å²) in [6, 6.07) is 14.1. The Bertz CT molecular complexity index is 843. The van der Waals surface area contributed by atoms with Gasteiger partial charge in [-0.3, -0.25) is 4.79 Å². The van der Waals surface area contributed by atoms with Gasteiger partial charge >= 0.3 is 0 Å². The molecule has 3 nitrogen and oxygen atoms in total. The molecule has 3 rings (SSSR count). The topological polar surface area (TPSA) is 41.5 Å². The van der Waals surface area contributed by atoms with E-state index in [0.717, 1.165) is 20.4 Å². The quantitative estimate of drug-likeness (QED) is 0.545. The number of rotatable bonds is 2. The van der Waals surface area contributed by atoms with E-state index in [0.29, 0.717) is 10.1 Å². The largest absolute Gasteiger partial charge is 0.300 e. The van der Waals surface area contributed by atoms with E-state index in [2.05, 4.69) is 45.9 Å². The minimum atomic E-state index is -0.0989. The van der Waals surface area contributed by atoms with Gasteiger partial charge in [-0.1, -0.05) is 35.9 Å². The molecule has 2 aromatic carbocycles. The first-order valence-corrected chi connectivity index (χ1v) is 9.04. The van der Waals surface area contributed by atoms with Crippen LogP contribution in [-0.4, -0.2) is 11.1 Å². The standard InChI is InChI=1S/C18H15IN2OS/c1-11-7-8-15(12(2)9-11)20-18-21-17(22)16(23-18)10-13-5-3-4-6-14(13)19/h3-10H,1-2H3,(H,20,21,22)/b16-10-. The maximum Gasteiger partial charge on any atom is 0.264 e. The summed E-state index contributed by atoms with van der Waals surface area (Å²) in [5, 5.41) is 3.46. The van der Waals surface area contributed by atoms with Crippen LogP contribution in [0.15, 0.2) is 52.4 Å². The smallest absolute Gasteiger partial charge is 0.264 e. The first-order chi connectivity index (χ1) is 11.0. The minimum Gasteiger partial charge on any atom is -0.300 e. The van der Waals surface area contributed by atoms with Crippen LogP contribution in [0.2, 0.25) is 0 Å². The van der Waals surface area contributed by atoms with Crippen LogP contribution in [0.4, 0.5) is 5.69 Å². The molecule has 0 aliphatic carbocycles. The zero-order valence-corrected chi connectivity index (χ0v) is 15.7. The number of carbonyl (C=O) groups is 1.